The van der Waals surface area contributed by atoms with Gasteiger partial charge in [-0.05, 0) is 12.5 Å². The van der Waals surface area contributed by atoms with E-state index in [1.807, 2.05) is 0 Å². The fourth-order valence-corrected chi connectivity index (χ4v) is 2.51. The summed E-state index contributed by atoms with van der Waals surface area (Å²) < 4.78 is 5.41. The van der Waals surface area contributed by atoms with E-state index in [-0.39, 0.29) is 43.3 Å². The lowest BCUT2D eigenvalue weighted by molar-refractivity contribution is -0.120. The zero-order chi connectivity index (χ0) is 14.4. The summed E-state index contributed by atoms with van der Waals surface area (Å²) in [5, 5.41) is 2.90. The quantitative estimate of drug-likeness (QED) is 0.840. The lowest BCUT2D eigenvalue weighted by Crippen LogP contribution is -2.44. The molecule has 0 spiro atoms. The second-order valence-corrected chi connectivity index (χ2v) is 5.09. The molecule has 2 rings (SSSR count). The standard InChI is InChI=1S/C15H23N3O2.2ClH/c1-12-3-2-4-13(9-12)14(11-17-15(19)10-16)18-5-7-20-8-6-18;;/h2-4,9,14H,5-8,10-11,16H2,1H3,(H,17,19);2*1H. The predicted octanol–water partition coefficient (Wildman–Crippen LogP) is 1.29. The largest absolute Gasteiger partial charge is 0.379 e. The highest BCUT2D eigenvalue weighted by molar-refractivity contribution is 5.85. The van der Waals surface area contributed by atoms with E-state index in [0.717, 1.165) is 26.3 Å². The number of morpholine rings is 1. The van der Waals surface area contributed by atoms with Crippen LogP contribution in [0.3, 0.4) is 0 Å². The number of carbonyl (C=O) groups excluding carboxylic acids is 1. The molecule has 1 saturated heterocycles. The Hall–Kier alpha value is -0.850. The highest BCUT2D eigenvalue weighted by Gasteiger charge is 2.23. The minimum absolute atomic E-state index is 0. The average Bonchev–Trinajstić information content (AvgIpc) is 2.48. The first kappa shape index (κ1) is 21.1. The molecule has 1 atom stereocenters. The van der Waals surface area contributed by atoms with Crippen LogP contribution in [-0.4, -0.2) is 50.2 Å². The lowest BCUT2D eigenvalue weighted by Gasteiger charge is -2.35. The van der Waals surface area contributed by atoms with Crippen molar-refractivity contribution in [3.05, 3.63) is 35.4 Å². The predicted molar refractivity (Wildman–Crippen MR) is 92.9 cm³/mol. The van der Waals surface area contributed by atoms with Crippen molar-refractivity contribution in [1.29, 1.82) is 0 Å². The molecule has 0 saturated carbocycles. The summed E-state index contributed by atoms with van der Waals surface area (Å²) in [4.78, 5) is 13.8. The lowest BCUT2D eigenvalue weighted by atomic mass is 10.0. The Balaban J connectivity index is 0.00000220. The molecule has 0 aromatic heterocycles. The van der Waals surface area contributed by atoms with Gasteiger partial charge < -0.3 is 15.8 Å². The fourth-order valence-electron chi connectivity index (χ4n) is 2.51. The van der Waals surface area contributed by atoms with Gasteiger partial charge in [0, 0.05) is 19.6 Å². The third-order valence-electron chi connectivity index (χ3n) is 3.59. The fraction of sp³-hybridized carbons (Fsp3) is 0.533. The minimum atomic E-state index is -0.115. The molecule has 0 bridgehead atoms. The van der Waals surface area contributed by atoms with Gasteiger partial charge in [0.25, 0.3) is 0 Å². The van der Waals surface area contributed by atoms with Gasteiger partial charge in [-0.15, -0.1) is 24.8 Å². The van der Waals surface area contributed by atoms with Crippen LogP contribution in [0, 0.1) is 6.92 Å². The third kappa shape index (κ3) is 6.10. The molecule has 1 aromatic rings. The third-order valence-corrected chi connectivity index (χ3v) is 3.59. The van der Waals surface area contributed by atoms with E-state index in [4.69, 9.17) is 10.5 Å². The number of hydrogen-bond donors (Lipinski definition) is 2. The molecule has 5 nitrogen and oxygen atoms in total. The zero-order valence-electron chi connectivity index (χ0n) is 12.8. The number of hydrogen-bond acceptors (Lipinski definition) is 4. The van der Waals surface area contributed by atoms with Crippen LogP contribution in [0.2, 0.25) is 0 Å². The molecule has 1 fully saturated rings. The molecule has 22 heavy (non-hydrogen) atoms. The highest BCUT2D eigenvalue weighted by Crippen LogP contribution is 2.22. The molecule has 1 aromatic carbocycles. The maximum atomic E-state index is 11.4. The summed E-state index contributed by atoms with van der Waals surface area (Å²) in [6.45, 7) is 5.95. The van der Waals surface area contributed by atoms with Crippen LogP contribution in [-0.2, 0) is 9.53 Å². The molecule has 1 aliphatic heterocycles. The number of benzene rings is 1. The number of ether oxygens (including phenoxy) is 1. The van der Waals surface area contributed by atoms with Crippen LogP contribution >= 0.6 is 24.8 Å². The van der Waals surface area contributed by atoms with Gasteiger partial charge in [-0.2, -0.15) is 0 Å². The van der Waals surface area contributed by atoms with Crippen molar-refractivity contribution < 1.29 is 9.53 Å². The van der Waals surface area contributed by atoms with E-state index < -0.39 is 0 Å². The van der Waals surface area contributed by atoms with Crippen molar-refractivity contribution in [2.24, 2.45) is 5.73 Å². The number of nitrogens with zero attached hydrogens (tertiary/aromatic N) is 1. The molecule has 0 radical (unpaired) electrons. The topological polar surface area (TPSA) is 67.6 Å². The van der Waals surface area contributed by atoms with Gasteiger partial charge in [0.2, 0.25) is 5.91 Å². The number of halogens is 2. The Bertz CT molecular complexity index is 454. The first-order valence-corrected chi connectivity index (χ1v) is 7.06. The number of carbonyl (C=O) groups is 1. The van der Waals surface area contributed by atoms with Crippen LogP contribution in [0.25, 0.3) is 0 Å². The van der Waals surface area contributed by atoms with Crippen LogP contribution in [0.1, 0.15) is 17.2 Å². The van der Waals surface area contributed by atoms with Crippen LogP contribution in [0.4, 0.5) is 0 Å². The van der Waals surface area contributed by atoms with Crippen molar-refractivity contribution in [1.82, 2.24) is 10.2 Å². The maximum Gasteiger partial charge on any atom is 0.233 e. The van der Waals surface area contributed by atoms with E-state index in [2.05, 4.69) is 41.4 Å². The SMILES string of the molecule is Cc1cccc(C(CNC(=O)CN)N2CCOCC2)c1.Cl.Cl. The Morgan fingerprint density at radius 1 is 1.36 bits per heavy atom. The minimum Gasteiger partial charge on any atom is -0.379 e. The molecule has 1 aliphatic rings. The monoisotopic (exact) mass is 349 g/mol. The number of nitrogens with two attached hydrogens (primary N) is 1. The van der Waals surface area contributed by atoms with Crippen molar-refractivity contribution in [3.8, 4) is 0 Å². The summed E-state index contributed by atoms with van der Waals surface area (Å²) in [5.41, 5.74) is 7.81. The first-order valence-electron chi connectivity index (χ1n) is 7.06. The van der Waals surface area contributed by atoms with E-state index in [1.165, 1.54) is 11.1 Å². The van der Waals surface area contributed by atoms with Gasteiger partial charge in [0.1, 0.15) is 0 Å². The van der Waals surface area contributed by atoms with Gasteiger partial charge in [-0.25, -0.2) is 0 Å². The molecular weight excluding hydrogens is 325 g/mol. The Kier molecular flexibility index (Phi) is 10.4. The van der Waals surface area contributed by atoms with Crippen molar-refractivity contribution >= 4 is 30.7 Å². The van der Waals surface area contributed by atoms with Gasteiger partial charge in [0.15, 0.2) is 0 Å². The molecule has 0 aliphatic carbocycles. The molecule has 1 amide bonds. The van der Waals surface area contributed by atoms with Crippen molar-refractivity contribution in [2.75, 3.05) is 39.4 Å². The Morgan fingerprint density at radius 3 is 2.64 bits per heavy atom. The Morgan fingerprint density at radius 2 is 2.05 bits per heavy atom. The van der Waals surface area contributed by atoms with Crippen LogP contribution in [0.15, 0.2) is 24.3 Å². The summed E-state index contributed by atoms with van der Waals surface area (Å²) in [7, 11) is 0. The molecular formula is C15H25Cl2N3O2. The highest BCUT2D eigenvalue weighted by atomic mass is 35.5. The van der Waals surface area contributed by atoms with Crippen LogP contribution in [0.5, 0.6) is 0 Å². The summed E-state index contributed by atoms with van der Waals surface area (Å²) in [6, 6.07) is 8.60. The van der Waals surface area contributed by atoms with Crippen molar-refractivity contribution in [3.63, 3.8) is 0 Å². The van der Waals surface area contributed by atoms with E-state index in [1.54, 1.807) is 0 Å². The summed E-state index contributed by atoms with van der Waals surface area (Å²) in [6.07, 6.45) is 0. The number of aryl methyl sites for hydroxylation is 1. The molecule has 3 N–H and O–H groups in total. The normalized spacial score (nSPS) is 16.1. The molecule has 7 heteroatoms. The van der Waals surface area contributed by atoms with Gasteiger partial charge in [0.05, 0.1) is 25.8 Å². The van der Waals surface area contributed by atoms with Gasteiger partial charge in [-0.3, -0.25) is 9.69 Å². The smallest absolute Gasteiger partial charge is 0.233 e. The molecule has 1 heterocycles. The zero-order valence-corrected chi connectivity index (χ0v) is 14.4. The Labute approximate surface area is 144 Å². The number of nitrogens with one attached hydrogen (secondary N) is 1. The van der Waals surface area contributed by atoms with Gasteiger partial charge in [-0.1, -0.05) is 29.8 Å². The van der Waals surface area contributed by atoms with E-state index in [0.29, 0.717) is 6.54 Å². The van der Waals surface area contributed by atoms with E-state index in [9.17, 15) is 4.79 Å². The molecule has 1 unspecified atom stereocenters. The van der Waals surface area contributed by atoms with Gasteiger partial charge >= 0.3 is 0 Å². The number of amides is 1. The second-order valence-electron chi connectivity index (χ2n) is 5.09. The first-order chi connectivity index (χ1) is 9.70. The number of rotatable bonds is 5. The van der Waals surface area contributed by atoms with Crippen molar-refractivity contribution in [2.45, 2.75) is 13.0 Å². The van der Waals surface area contributed by atoms with E-state index >= 15 is 0 Å². The molecule has 126 valence electrons. The summed E-state index contributed by atoms with van der Waals surface area (Å²) in [5.74, 6) is -0.115. The summed E-state index contributed by atoms with van der Waals surface area (Å²) >= 11 is 0. The second kappa shape index (κ2) is 10.8. The average molecular weight is 350 g/mol. The maximum absolute atomic E-state index is 11.4. The van der Waals surface area contributed by atoms with Crippen LogP contribution < -0.4 is 11.1 Å².